The van der Waals surface area contributed by atoms with Crippen molar-refractivity contribution in [1.82, 2.24) is 10.2 Å². The number of nitrogens with one attached hydrogen (secondary N) is 1. The van der Waals surface area contributed by atoms with Crippen molar-refractivity contribution < 1.29 is 15.0 Å². The van der Waals surface area contributed by atoms with Gasteiger partial charge < -0.3 is 15.5 Å². The molecule has 0 aromatic heterocycles. The third-order valence-corrected chi connectivity index (χ3v) is 2.77. The van der Waals surface area contributed by atoms with Gasteiger partial charge in [0.25, 0.3) is 0 Å². The molecule has 1 heterocycles. The number of aliphatic hydroxyl groups excluding tert-OH is 2. The third kappa shape index (κ3) is 4.59. The van der Waals surface area contributed by atoms with E-state index in [1.54, 1.807) is 0 Å². The number of aliphatic hydroxyl groups is 2. The highest BCUT2D eigenvalue weighted by molar-refractivity contribution is 5.77. The van der Waals surface area contributed by atoms with Crippen LogP contribution in [0.5, 0.6) is 0 Å². The molecular formula is C10H20N2O3. The highest BCUT2D eigenvalue weighted by Gasteiger charge is 2.19. The molecule has 1 rings (SSSR count). The first-order valence-electron chi connectivity index (χ1n) is 5.47. The molecule has 88 valence electrons. The molecule has 0 aromatic carbocycles. The quantitative estimate of drug-likeness (QED) is 0.540. The maximum Gasteiger partial charge on any atom is 0.234 e. The molecule has 1 aliphatic rings. The van der Waals surface area contributed by atoms with Crippen LogP contribution in [0.25, 0.3) is 0 Å². The molecule has 0 radical (unpaired) electrons. The topological polar surface area (TPSA) is 72.8 Å². The zero-order valence-corrected chi connectivity index (χ0v) is 8.98. The maximum atomic E-state index is 11.3. The van der Waals surface area contributed by atoms with Crippen LogP contribution >= 0.6 is 0 Å². The molecule has 1 saturated heterocycles. The summed E-state index contributed by atoms with van der Waals surface area (Å²) in [6.45, 7) is 2.71. The molecule has 0 aliphatic carbocycles. The number of amides is 1. The second-order valence-electron chi connectivity index (χ2n) is 3.98. The van der Waals surface area contributed by atoms with E-state index in [9.17, 15) is 4.79 Å². The normalized spacial score (nSPS) is 19.1. The molecule has 1 fully saturated rings. The molecule has 5 nitrogen and oxygen atoms in total. The average Bonchev–Trinajstić information content (AvgIpc) is 2.27. The number of rotatable bonds is 5. The van der Waals surface area contributed by atoms with E-state index in [2.05, 4.69) is 10.2 Å². The zero-order chi connectivity index (χ0) is 11.1. The fourth-order valence-corrected chi connectivity index (χ4v) is 1.78. The molecule has 0 saturated carbocycles. The Kier molecular flexibility index (Phi) is 5.60. The van der Waals surface area contributed by atoms with Gasteiger partial charge in [-0.05, 0) is 31.8 Å². The van der Waals surface area contributed by atoms with Crippen LogP contribution in [-0.4, -0.2) is 60.4 Å². The summed E-state index contributed by atoms with van der Waals surface area (Å²) in [7, 11) is 0. The molecule has 1 aliphatic heterocycles. The fraction of sp³-hybridized carbons (Fsp3) is 0.900. The summed E-state index contributed by atoms with van der Waals surface area (Å²) in [5.41, 5.74) is 0. The average molecular weight is 216 g/mol. The van der Waals surface area contributed by atoms with Crippen LogP contribution in [0.2, 0.25) is 0 Å². The Morgan fingerprint density at radius 2 is 2.00 bits per heavy atom. The molecule has 5 heteroatoms. The van der Waals surface area contributed by atoms with Gasteiger partial charge in [-0.25, -0.2) is 0 Å². The molecule has 0 unspecified atom stereocenters. The zero-order valence-electron chi connectivity index (χ0n) is 8.98. The number of piperidine rings is 1. The van der Waals surface area contributed by atoms with Crippen LogP contribution in [0.3, 0.4) is 0 Å². The SMILES string of the molecule is O=C(CN1CCC(CO)CC1)NCCO. The first-order chi connectivity index (χ1) is 7.26. The largest absolute Gasteiger partial charge is 0.396 e. The smallest absolute Gasteiger partial charge is 0.234 e. The summed E-state index contributed by atoms with van der Waals surface area (Å²) in [6.07, 6.45) is 1.92. The van der Waals surface area contributed by atoms with E-state index >= 15 is 0 Å². The van der Waals surface area contributed by atoms with Crippen molar-refractivity contribution in [2.45, 2.75) is 12.8 Å². The minimum absolute atomic E-state index is 0.0155. The maximum absolute atomic E-state index is 11.3. The predicted octanol–water partition coefficient (Wildman–Crippen LogP) is -1.20. The summed E-state index contributed by atoms with van der Waals surface area (Å²) in [5.74, 6) is 0.369. The number of hydrogen-bond acceptors (Lipinski definition) is 4. The summed E-state index contributed by atoms with van der Waals surface area (Å²) in [6, 6.07) is 0. The van der Waals surface area contributed by atoms with E-state index in [-0.39, 0.29) is 19.1 Å². The number of carbonyl (C=O) groups excluding carboxylic acids is 1. The first-order valence-corrected chi connectivity index (χ1v) is 5.47. The van der Waals surface area contributed by atoms with Crippen LogP contribution in [0, 0.1) is 5.92 Å². The van der Waals surface area contributed by atoms with Crippen molar-refractivity contribution in [3.05, 3.63) is 0 Å². The van der Waals surface area contributed by atoms with Gasteiger partial charge >= 0.3 is 0 Å². The van der Waals surface area contributed by atoms with E-state index in [1.807, 2.05) is 0 Å². The molecule has 0 bridgehead atoms. The lowest BCUT2D eigenvalue weighted by Gasteiger charge is -2.30. The molecule has 0 aromatic rings. The molecule has 15 heavy (non-hydrogen) atoms. The van der Waals surface area contributed by atoms with Crippen LogP contribution in [0.15, 0.2) is 0 Å². The van der Waals surface area contributed by atoms with Gasteiger partial charge in [-0.3, -0.25) is 9.69 Å². The first kappa shape index (κ1) is 12.4. The Morgan fingerprint density at radius 3 is 2.53 bits per heavy atom. The predicted molar refractivity (Wildman–Crippen MR) is 56.3 cm³/mol. The summed E-state index contributed by atoms with van der Waals surface area (Å²) < 4.78 is 0. The van der Waals surface area contributed by atoms with Gasteiger partial charge in [0.05, 0.1) is 13.2 Å². The van der Waals surface area contributed by atoms with Crippen molar-refractivity contribution in [3.8, 4) is 0 Å². The molecule has 0 atom stereocenters. The second-order valence-corrected chi connectivity index (χ2v) is 3.98. The molecule has 0 spiro atoms. The van der Waals surface area contributed by atoms with E-state index in [4.69, 9.17) is 10.2 Å². The lowest BCUT2D eigenvalue weighted by Crippen LogP contribution is -2.42. The monoisotopic (exact) mass is 216 g/mol. The minimum Gasteiger partial charge on any atom is -0.396 e. The summed E-state index contributed by atoms with van der Waals surface area (Å²) >= 11 is 0. The Bertz CT molecular complexity index is 191. The Hall–Kier alpha value is -0.650. The van der Waals surface area contributed by atoms with Gasteiger partial charge in [0, 0.05) is 13.2 Å². The van der Waals surface area contributed by atoms with E-state index < -0.39 is 0 Å². The molecular weight excluding hydrogens is 196 g/mol. The van der Waals surface area contributed by atoms with Crippen LogP contribution < -0.4 is 5.32 Å². The minimum atomic E-state index is -0.0356. The lowest BCUT2D eigenvalue weighted by atomic mass is 9.98. The van der Waals surface area contributed by atoms with Gasteiger partial charge in [0.2, 0.25) is 5.91 Å². The van der Waals surface area contributed by atoms with Crippen molar-refractivity contribution in [2.75, 3.05) is 39.4 Å². The van der Waals surface area contributed by atoms with Gasteiger partial charge in [0.1, 0.15) is 0 Å². The number of likely N-dealkylation sites (tertiary alicyclic amines) is 1. The number of hydrogen-bond donors (Lipinski definition) is 3. The Morgan fingerprint density at radius 1 is 1.33 bits per heavy atom. The second kappa shape index (κ2) is 6.76. The molecule has 1 amide bonds. The summed E-state index contributed by atoms with van der Waals surface area (Å²) in [4.78, 5) is 13.4. The van der Waals surface area contributed by atoms with Gasteiger partial charge in [-0.2, -0.15) is 0 Å². The number of carbonyl (C=O) groups is 1. The van der Waals surface area contributed by atoms with E-state index in [1.165, 1.54) is 0 Å². The Labute approximate surface area is 90.1 Å². The van der Waals surface area contributed by atoms with Crippen LogP contribution in [-0.2, 0) is 4.79 Å². The van der Waals surface area contributed by atoms with Crippen molar-refractivity contribution >= 4 is 5.91 Å². The lowest BCUT2D eigenvalue weighted by molar-refractivity contribution is -0.122. The highest BCUT2D eigenvalue weighted by Crippen LogP contribution is 2.15. The summed E-state index contributed by atoms with van der Waals surface area (Å²) in [5, 5.41) is 20.1. The van der Waals surface area contributed by atoms with Gasteiger partial charge in [-0.1, -0.05) is 0 Å². The van der Waals surface area contributed by atoms with Gasteiger partial charge in [0.15, 0.2) is 0 Å². The Balaban J connectivity index is 2.15. The van der Waals surface area contributed by atoms with Crippen molar-refractivity contribution in [2.24, 2.45) is 5.92 Å². The highest BCUT2D eigenvalue weighted by atomic mass is 16.3. The fourth-order valence-electron chi connectivity index (χ4n) is 1.78. The molecule has 3 N–H and O–H groups in total. The van der Waals surface area contributed by atoms with Crippen LogP contribution in [0.4, 0.5) is 0 Å². The number of nitrogens with zero attached hydrogens (tertiary/aromatic N) is 1. The standard InChI is InChI=1S/C10H20N2O3/c13-6-3-11-10(15)7-12-4-1-9(8-14)2-5-12/h9,13-14H,1-8H2,(H,11,15). The van der Waals surface area contributed by atoms with Crippen LogP contribution in [0.1, 0.15) is 12.8 Å². The van der Waals surface area contributed by atoms with Crippen molar-refractivity contribution in [1.29, 1.82) is 0 Å². The third-order valence-electron chi connectivity index (χ3n) is 2.77. The van der Waals surface area contributed by atoms with Gasteiger partial charge in [-0.15, -0.1) is 0 Å². The van der Waals surface area contributed by atoms with E-state index in [0.29, 0.717) is 19.0 Å². The van der Waals surface area contributed by atoms with E-state index in [0.717, 1.165) is 25.9 Å². The van der Waals surface area contributed by atoms with Crippen molar-refractivity contribution in [3.63, 3.8) is 0 Å².